The number of fused-ring (bicyclic) bond motifs is 1. The number of benzene rings is 1. The summed E-state index contributed by atoms with van der Waals surface area (Å²) < 4.78 is 1.88. The maximum Gasteiger partial charge on any atom is 0.262 e. The lowest BCUT2D eigenvalue weighted by Crippen LogP contribution is -2.43. The highest BCUT2D eigenvalue weighted by molar-refractivity contribution is 7.71. The van der Waals surface area contributed by atoms with Crippen LogP contribution in [0.3, 0.4) is 0 Å². The van der Waals surface area contributed by atoms with Gasteiger partial charge in [0.25, 0.3) is 11.5 Å². The van der Waals surface area contributed by atoms with Crippen molar-refractivity contribution < 1.29 is 9.59 Å². The van der Waals surface area contributed by atoms with Gasteiger partial charge in [0.05, 0.1) is 10.9 Å². The fourth-order valence-corrected chi connectivity index (χ4v) is 5.28. The highest BCUT2D eigenvalue weighted by atomic mass is 32.1. The summed E-state index contributed by atoms with van der Waals surface area (Å²) in [4.78, 5) is 42.6. The Balaban J connectivity index is 1.49. The largest absolute Gasteiger partial charge is 0.349 e. The molecule has 1 saturated carbocycles. The van der Waals surface area contributed by atoms with Crippen molar-refractivity contribution in [3.8, 4) is 0 Å². The van der Waals surface area contributed by atoms with Crippen LogP contribution in [0.1, 0.15) is 62.7 Å². The number of hydrogen-bond acceptors (Lipinski definition) is 4. The van der Waals surface area contributed by atoms with Crippen molar-refractivity contribution in [1.29, 1.82) is 0 Å². The smallest absolute Gasteiger partial charge is 0.262 e. The molecule has 1 aliphatic heterocycles. The molecule has 0 radical (unpaired) electrons. The van der Waals surface area contributed by atoms with Gasteiger partial charge in [-0.05, 0) is 61.5 Å². The Kier molecular flexibility index (Phi) is 6.79. The standard InChI is InChI=1S/C24H32N4O3S/c1-15-6-3-7-19(16(15)2)25-22(30)17-9-10-18-20(14-17)26-24(32)28(23(18)31)13-5-12-27-11-4-8-21(27)29/h9-10,14-16,19H,3-8,11-13H2,1-2H3,(H,25,30)(H,26,32)/t15-,16+,19-/m1/s1. The zero-order valence-electron chi connectivity index (χ0n) is 18.9. The van der Waals surface area contributed by atoms with Crippen molar-refractivity contribution in [2.45, 2.75) is 65.0 Å². The molecule has 2 N–H and O–H groups in total. The maximum absolute atomic E-state index is 13.0. The Morgan fingerprint density at radius 1 is 1.19 bits per heavy atom. The summed E-state index contributed by atoms with van der Waals surface area (Å²) >= 11 is 5.43. The van der Waals surface area contributed by atoms with Gasteiger partial charge in [-0.2, -0.15) is 0 Å². The first-order valence-corrected chi connectivity index (χ1v) is 12.1. The van der Waals surface area contributed by atoms with E-state index < -0.39 is 0 Å². The van der Waals surface area contributed by atoms with Gasteiger partial charge >= 0.3 is 0 Å². The van der Waals surface area contributed by atoms with Crippen LogP contribution in [0.5, 0.6) is 0 Å². The van der Waals surface area contributed by atoms with Crippen LogP contribution in [0, 0.1) is 16.6 Å². The molecule has 7 nitrogen and oxygen atoms in total. The van der Waals surface area contributed by atoms with Gasteiger partial charge in [0.2, 0.25) is 5.91 Å². The number of amides is 2. The van der Waals surface area contributed by atoms with Crippen LogP contribution < -0.4 is 10.9 Å². The number of aromatic amines is 1. The Morgan fingerprint density at radius 2 is 2.00 bits per heavy atom. The summed E-state index contributed by atoms with van der Waals surface area (Å²) in [5.74, 6) is 1.12. The molecular formula is C24H32N4O3S. The Morgan fingerprint density at radius 3 is 2.75 bits per heavy atom. The highest BCUT2D eigenvalue weighted by Gasteiger charge is 2.28. The number of rotatable bonds is 6. The number of H-pyrrole nitrogens is 1. The number of carbonyl (C=O) groups excluding carboxylic acids is 2. The predicted octanol–water partition coefficient (Wildman–Crippen LogP) is 3.63. The van der Waals surface area contributed by atoms with Crippen molar-refractivity contribution >= 4 is 34.9 Å². The first-order valence-electron chi connectivity index (χ1n) is 11.7. The zero-order valence-corrected chi connectivity index (χ0v) is 19.7. The molecule has 2 aliphatic rings. The van der Waals surface area contributed by atoms with Gasteiger partial charge in [0.1, 0.15) is 0 Å². The van der Waals surface area contributed by atoms with E-state index in [0.29, 0.717) is 59.0 Å². The molecule has 32 heavy (non-hydrogen) atoms. The fraction of sp³-hybridized carbons (Fsp3) is 0.583. The van der Waals surface area contributed by atoms with Crippen LogP contribution >= 0.6 is 12.2 Å². The van der Waals surface area contributed by atoms with E-state index in [1.165, 1.54) is 6.42 Å². The molecular weight excluding hydrogens is 424 g/mol. The van der Waals surface area contributed by atoms with Crippen LogP contribution in [0.25, 0.3) is 10.9 Å². The van der Waals surface area contributed by atoms with Gasteiger partial charge in [-0.15, -0.1) is 0 Å². The molecule has 1 aliphatic carbocycles. The lowest BCUT2D eigenvalue weighted by molar-refractivity contribution is -0.127. The summed E-state index contributed by atoms with van der Waals surface area (Å²) in [6, 6.07) is 5.30. The molecule has 1 aromatic heterocycles. The molecule has 172 valence electrons. The number of nitrogens with zero attached hydrogens (tertiary/aromatic N) is 2. The van der Waals surface area contributed by atoms with E-state index in [2.05, 4.69) is 24.1 Å². The lowest BCUT2D eigenvalue weighted by Gasteiger charge is -2.34. The summed E-state index contributed by atoms with van der Waals surface area (Å²) in [5.41, 5.74) is 0.931. The van der Waals surface area contributed by atoms with Crippen LogP contribution in [0.4, 0.5) is 0 Å². The minimum Gasteiger partial charge on any atom is -0.349 e. The minimum atomic E-state index is -0.168. The highest BCUT2D eigenvalue weighted by Crippen LogP contribution is 2.29. The van der Waals surface area contributed by atoms with Crippen molar-refractivity contribution in [2.24, 2.45) is 11.8 Å². The normalized spacial score (nSPS) is 23.6. The summed E-state index contributed by atoms with van der Waals surface area (Å²) in [6.07, 6.45) is 5.54. The van der Waals surface area contributed by atoms with Crippen LogP contribution in [0.2, 0.25) is 0 Å². The molecule has 0 spiro atoms. The number of aromatic nitrogens is 2. The fourth-order valence-electron chi connectivity index (χ4n) is 5.00. The van der Waals surface area contributed by atoms with Gasteiger partial charge < -0.3 is 15.2 Å². The lowest BCUT2D eigenvalue weighted by atomic mass is 9.78. The van der Waals surface area contributed by atoms with Crippen LogP contribution in [-0.2, 0) is 11.3 Å². The molecule has 8 heteroatoms. The van der Waals surface area contributed by atoms with Crippen molar-refractivity contribution in [3.63, 3.8) is 0 Å². The molecule has 1 saturated heterocycles. The maximum atomic E-state index is 13.0. The zero-order chi connectivity index (χ0) is 22.8. The molecule has 0 bridgehead atoms. The number of nitrogens with one attached hydrogen (secondary N) is 2. The Hall–Kier alpha value is -2.48. The summed E-state index contributed by atoms with van der Waals surface area (Å²) in [6.45, 7) is 6.33. The van der Waals surface area contributed by atoms with E-state index in [1.807, 2.05) is 4.90 Å². The third-order valence-electron chi connectivity index (χ3n) is 7.25. The number of carbonyl (C=O) groups is 2. The first-order chi connectivity index (χ1) is 15.3. The Labute approximate surface area is 193 Å². The summed E-state index contributed by atoms with van der Waals surface area (Å²) in [7, 11) is 0. The SMILES string of the molecule is C[C@H]1[C@H](C)CCC[C@H]1NC(=O)c1ccc2c(=O)n(CCCN3CCCC3=O)c(=S)[nH]c2c1. The molecule has 4 rings (SSSR count). The topological polar surface area (TPSA) is 87.2 Å². The molecule has 2 heterocycles. The van der Waals surface area contributed by atoms with Crippen molar-refractivity contribution in [2.75, 3.05) is 13.1 Å². The van der Waals surface area contributed by atoms with Crippen molar-refractivity contribution in [3.05, 3.63) is 38.9 Å². The molecule has 2 amide bonds. The average molecular weight is 457 g/mol. The number of likely N-dealkylation sites (tertiary alicyclic amines) is 1. The average Bonchev–Trinajstić information content (AvgIpc) is 3.18. The summed E-state index contributed by atoms with van der Waals surface area (Å²) in [5, 5.41) is 3.69. The second kappa shape index (κ2) is 9.57. The third-order valence-corrected chi connectivity index (χ3v) is 7.57. The van der Waals surface area contributed by atoms with E-state index in [0.717, 1.165) is 25.8 Å². The molecule has 2 aromatic rings. The van der Waals surface area contributed by atoms with E-state index in [-0.39, 0.29) is 23.4 Å². The molecule has 3 atom stereocenters. The van der Waals surface area contributed by atoms with Gasteiger partial charge in [0.15, 0.2) is 4.77 Å². The minimum absolute atomic E-state index is 0.114. The van der Waals surface area contributed by atoms with Crippen LogP contribution in [-0.4, -0.2) is 45.4 Å². The second-order valence-corrected chi connectivity index (χ2v) is 9.72. The third kappa shape index (κ3) is 4.65. The van der Waals surface area contributed by atoms with E-state index in [9.17, 15) is 14.4 Å². The molecule has 2 fully saturated rings. The van der Waals surface area contributed by atoms with Crippen LogP contribution in [0.15, 0.2) is 23.0 Å². The van der Waals surface area contributed by atoms with E-state index in [4.69, 9.17) is 12.2 Å². The quantitative estimate of drug-likeness (QED) is 0.650. The van der Waals surface area contributed by atoms with E-state index in [1.54, 1.807) is 22.8 Å². The van der Waals surface area contributed by atoms with E-state index >= 15 is 0 Å². The monoisotopic (exact) mass is 456 g/mol. The van der Waals surface area contributed by atoms with Gasteiger partial charge in [0, 0.05) is 37.7 Å². The van der Waals surface area contributed by atoms with Gasteiger partial charge in [-0.1, -0.05) is 26.7 Å². The Bertz CT molecular complexity index is 1140. The predicted molar refractivity (Wildman–Crippen MR) is 127 cm³/mol. The first kappa shape index (κ1) is 22.7. The molecule has 1 aromatic carbocycles. The number of hydrogen-bond donors (Lipinski definition) is 2. The van der Waals surface area contributed by atoms with Crippen molar-refractivity contribution in [1.82, 2.24) is 19.8 Å². The van der Waals surface area contributed by atoms with Gasteiger partial charge in [-0.25, -0.2) is 0 Å². The molecule has 0 unspecified atom stereocenters. The van der Waals surface area contributed by atoms with Gasteiger partial charge in [-0.3, -0.25) is 19.0 Å². The second-order valence-electron chi connectivity index (χ2n) is 9.33.